The first-order valence-electron chi connectivity index (χ1n) is 5.81. The van der Waals surface area contributed by atoms with Gasteiger partial charge in [0.25, 0.3) is 0 Å². The number of carbonyl (C=O) groups excluding carboxylic acids is 1. The van der Waals surface area contributed by atoms with Gasteiger partial charge in [0.1, 0.15) is 0 Å². The van der Waals surface area contributed by atoms with E-state index in [2.05, 4.69) is 20.4 Å². The Hall–Kier alpha value is -0.353. The Balaban J connectivity index is 3.41. The van der Waals surface area contributed by atoms with Crippen molar-refractivity contribution in [3.05, 3.63) is 0 Å². The van der Waals surface area contributed by atoms with E-state index in [4.69, 9.17) is 9.16 Å². The Morgan fingerprint density at radius 3 is 2.13 bits per heavy atom. The number of esters is 1. The molecule has 0 saturated heterocycles. The van der Waals surface area contributed by atoms with Gasteiger partial charge in [-0.2, -0.15) is 0 Å². The Morgan fingerprint density at radius 2 is 1.67 bits per heavy atom. The molecule has 4 heteroatoms. The summed E-state index contributed by atoms with van der Waals surface area (Å²) in [5.74, 6) is -0.197. The fraction of sp³-hybridized carbons (Fsp3) is 0.909. The molecule has 0 radical (unpaired) electrons. The molecule has 90 valence electrons. The van der Waals surface area contributed by atoms with Gasteiger partial charge in [-0.25, -0.2) is 0 Å². The molecule has 0 unspecified atom stereocenters. The van der Waals surface area contributed by atoms with Crippen LogP contribution in [0.15, 0.2) is 0 Å². The first kappa shape index (κ1) is 14.6. The molecular formula is C11H24O3Si. The van der Waals surface area contributed by atoms with E-state index in [0.29, 0.717) is 6.61 Å². The Morgan fingerprint density at radius 1 is 1.13 bits per heavy atom. The zero-order chi connectivity index (χ0) is 11.7. The second kappa shape index (κ2) is 7.88. The largest absolute Gasteiger partial charge is 0.466 e. The summed E-state index contributed by atoms with van der Waals surface area (Å²) < 4.78 is 10.8. The van der Waals surface area contributed by atoms with Gasteiger partial charge in [-0.05, 0) is 31.5 Å². The van der Waals surface area contributed by atoms with Crippen LogP contribution in [0.1, 0.15) is 33.6 Å². The number of carbonyl (C=O) groups is 1. The van der Waals surface area contributed by atoms with Crippen LogP contribution in [0.2, 0.25) is 18.6 Å². The summed E-state index contributed by atoms with van der Waals surface area (Å²) in [6, 6.07) is 2.35. The highest BCUT2D eigenvalue weighted by atomic mass is 28.4. The summed E-state index contributed by atoms with van der Waals surface area (Å²) in [7, 11) is -1.39. The van der Waals surface area contributed by atoms with Crippen LogP contribution in [0, 0.1) is 0 Å². The second-order valence-corrected chi connectivity index (χ2v) is 8.66. The third kappa shape index (κ3) is 7.56. The summed E-state index contributed by atoms with van der Waals surface area (Å²) in [4.78, 5) is 10.5. The van der Waals surface area contributed by atoms with E-state index in [1.54, 1.807) is 0 Å². The molecule has 0 aromatic heterocycles. The van der Waals surface area contributed by atoms with Crippen molar-refractivity contribution in [3.8, 4) is 0 Å². The van der Waals surface area contributed by atoms with Crippen molar-refractivity contribution in [1.82, 2.24) is 0 Å². The van der Waals surface area contributed by atoms with Crippen LogP contribution in [-0.2, 0) is 14.0 Å². The molecule has 0 atom stereocenters. The molecule has 0 saturated carbocycles. The molecule has 0 aliphatic rings. The van der Waals surface area contributed by atoms with E-state index in [1.165, 1.54) is 19.0 Å². The minimum atomic E-state index is -1.39. The lowest BCUT2D eigenvalue weighted by Gasteiger charge is -2.24. The number of rotatable bonds is 8. The fourth-order valence-corrected chi connectivity index (χ4v) is 2.74. The molecule has 0 fully saturated rings. The zero-order valence-corrected chi connectivity index (χ0v) is 11.5. The normalized spacial score (nSPS) is 11.5. The van der Waals surface area contributed by atoms with Crippen LogP contribution in [0.5, 0.6) is 0 Å². The van der Waals surface area contributed by atoms with E-state index in [-0.39, 0.29) is 5.97 Å². The van der Waals surface area contributed by atoms with E-state index in [1.807, 2.05) is 0 Å². The van der Waals surface area contributed by atoms with Gasteiger partial charge in [-0.15, -0.1) is 0 Å². The van der Waals surface area contributed by atoms with Gasteiger partial charge in [0, 0.05) is 13.5 Å². The zero-order valence-electron chi connectivity index (χ0n) is 10.5. The smallest absolute Gasteiger partial charge is 0.302 e. The molecule has 0 bridgehead atoms. The van der Waals surface area contributed by atoms with Crippen LogP contribution in [0.3, 0.4) is 0 Å². The SMILES string of the molecule is CC[Si](C)(CC)OCCCCOC(C)=O. The molecule has 0 rings (SSSR count). The lowest BCUT2D eigenvalue weighted by atomic mass is 10.3. The molecule has 0 N–H and O–H groups in total. The van der Waals surface area contributed by atoms with Crippen LogP contribution < -0.4 is 0 Å². The van der Waals surface area contributed by atoms with Crippen molar-refractivity contribution in [2.45, 2.75) is 52.2 Å². The van der Waals surface area contributed by atoms with Crippen LogP contribution in [0.4, 0.5) is 0 Å². The standard InChI is InChI=1S/C11H24O3Si/c1-5-15(4,6-2)14-10-8-7-9-13-11(3)12/h5-10H2,1-4H3. The molecule has 3 nitrogen and oxygen atoms in total. The van der Waals surface area contributed by atoms with Crippen molar-refractivity contribution in [2.24, 2.45) is 0 Å². The van der Waals surface area contributed by atoms with E-state index in [9.17, 15) is 4.79 Å². The molecule has 0 aromatic carbocycles. The first-order valence-corrected chi connectivity index (χ1v) is 8.63. The summed E-state index contributed by atoms with van der Waals surface area (Å²) >= 11 is 0. The van der Waals surface area contributed by atoms with Crippen LogP contribution in [-0.4, -0.2) is 27.5 Å². The van der Waals surface area contributed by atoms with E-state index in [0.717, 1.165) is 19.4 Å². The van der Waals surface area contributed by atoms with Gasteiger partial charge < -0.3 is 9.16 Å². The average Bonchev–Trinajstić information content (AvgIpc) is 2.22. The van der Waals surface area contributed by atoms with E-state index >= 15 is 0 Å². The van der Waals surface area contributed by atoms with Gasteiger partial charge in [0.15, 0.2) is 8.32 Å². The summed E-state index contributed by atoms with van der Waals surface area (Å²) in [5.41, 5.74) is 0. The van der Waals surface area contributed by atoms with Crippen molar-refractivity contribution in [2.75, 3.05) is 13.2 Å². The topological polar surface area (TPSA) is 35.5 Å². The maximum absolute atomic E-state index is 10.5. The summed E-state index contributed by atoms with van der Waals surface area (Å²) in [6.45, 7) is 9.46. The molecule has 0 spiro atoms. The quantitative estimate of drug-likeness (QED) is 0.367. The predicted molar refractivity (Wildman–Crippen MR) is 64.4 cm³/mol. The Kier molecular flexibility index (Phi) is 7.69. The average molecular weight is 232 g/mol. The third-order valence-corrected chi connectivity index (χ3v) is 6.68. The van der Waals surface area contributed by atoms with Gasteiger partial charge in [-0.3, -0.25) is 4.79 Å². The summed E-state index contributed by atoms with van der Waals surface area (Å²) in [5, 5.41) is 0. The fourth-order valence-electron chi connectivity index (χ4n) is 1.19. The van der Waals surface area contributed by atoms with Crippen LogP contribution >= 0.6 is 0 Å². The Labute approximate surface area is 94.3 Å². The minimum absolute atomic E-state index is 0.197. The third-order valence-electron chi connectivity index (χ3n) is 2.79. The molecule has 0 heterocycles. The lowest BCUT2D eigenvalue weighted by molar-refractivity contribution is -0.141. The minimum Gasteiger partial charge on any atom is -0.466 e. The van der Waals surface area contributed by atoms with Crippen LogP contribution in [0.25, 0.3) is 0 Å². The summed E-state index contributed by atoms with van der Waals surface area (Å²) in [6.07, 6.45) is 1.88. The highest BCUT2D eigenvalue weighted by Crippen LogP contribution is 2.16. The monoisotopic (exact) mass is 232 g/mol. The molecule has 0 aromatic rings. The molecule has 0 aliphatic heterocycles. The molecule has 15 heavy (non-hydrogen) atoms. The number of unbranched alkanes of at least 4 members (excludes halogenated alkanes) is 1. The maximum atomic E-state index is 10.5. The maximum Gasteiger partial charge on any atom is 0.302 e. The highest BCUT2D eigenvalue weighted by Gasteiger charge is 2.23. The number of ether oxygens (including phenoxy) is 1. The molecule has 0 aliphatic carbocycles. The van der Waals surface area contributed by atoms with Gasteiger partial charge >= 0.3 is 5.97 Å². The Bertz CT molecular complexity index is 179. The van der Waals surface area contributed by atoms with Gasteiger partial charge in [0.05, 0.1) is 6.61 Å². The van der Waals surface area contributed by atoms with Crippen molar-refractivity contribution in [1.29, 1.82) is 0 Å². The number of hydrogen-bond donors (Lipinski definition) is 0. The lowest BCUT2D eigenvalue weighted by Crippen LogP contribution is -2.32. The van der Waals surface area contributed by atoms with Crippen molar-refractivity contribution >= 4 is 14.3 Å². The first-order chi connectivity index (χ1) is 7.04. The van der Waals surface area contributed by atoms with E-state index < -0.39 is 8.32 Å². The number of hydrogen-bond acceptors (Lipinski definition) is 3. The van der Waals surface area contributed by atoms with Gasteiger partial charge in [0.2, 0.25) is 0 Å². The van der Waals surface area contributed by atoms with Gasteiger partial charge in [-0.1, -0.05) is 13.8 Å². The molecule has 0 amide bonds. The predicted octanol–water partition coefficient (Wildman–Crippen LogP) is 2.96. The van der Waals surface area contributed by atoms with Crippen molar-refractivity contribution in [3.63, 3.8) is 0 Å². The highest BCUT2D eigenvalue weighted by molar-refractivity contribution is 6.72. The molecular weight excluding hydrogens is 208 g/mol. The second-order valence-electron chi connectivity index (χ2n) is 4.05. The van der Waals surface area contributed by atoms with Crippen molar-refractivity contribution < 1.29 is 14.0 Å².